The normalized spacial score (nSPS) is 4.90. The molecule has 0 rings (SSSR count). The Morgan fingerprint density at radius 1 is 1.40 bits per heavy atom. The first-order chi connectivity index (χ1) is 2.77. The van der Waals surface area contributed by atoms with Crippen molar-refractivity contribution in [3.05, 3.63) is 0 Å². The van der Waals surface area contributed by atoms with Crippen molar-refractivity contribution in [3.8, 4) is 0 Å². The van der Waals surface area contributed by atoms with E-state index in [4.69, 9.17) is 5.11 Å². The van der Waals surface area contributed by atoms with Crippen LogP contribution < -0.4 is 0 Å². The van der Waals surface area contributed by atoms with Crippen LogP contribution in [0.2, 0.25) is 5.25 Å². The number of carboxylic acids is 1. The molecule has 61 valence electrons. The summed E-state index contributed by atoms with van der Waals surface area (Å²) in [6, 6.07) is 0. The Morgan fingerprint density at radius 2 is 1.70 bits per heavy atom. The van der Waals surface area contributed by atoms with Gasteiger partial charge < -0.3 is 19.3 Å². The second-order valence-corrected chi connectivity index (χ2v) is 1.94. The number of carbonyl (C=O) groups is 1. The standard InChI is InChI=1S/C3H5GeO2.Ca.3H2O.2H/c4-2-1-3(5)6;;;;;;/h1-2H2,(H,5,6);;3*1H2;;/q;+2;;;;2*-1. The largest absolute Gasteiger partial charge is 2.00 e. The molecule has 7 heteroatoms. The third-order valence-electron chi connectivity index (χ3n) is 0.339. The molecule has 0 aliphatic rings. The second-order valence-electron chi connectivity index (χ2n) is 0.894. The molecule has 5 nitrogen and oxygen atoms in total. The molecule has 0 amide bonds. The first-order valence-corrected chi connectivity index (χ1v) is 3.12. The molecule has 0 atom stereocenters. The van der Waals surface area contributed by atoms with Crippen molar-refractivity contribution in [2.24, 2.45) is 0 Å². The second kappa shape index (κ2) is 22.5. The van der Waals surface area contributed by atoms with Crippen molar-refractivity contribution in [2.75, 3.05) is 0 Å². The maximum absolute atomic E-state index is 9.60. The van der Waals surface area contributed by atoms with Gasteiger partial charge in [0.25, 0.3) is 0 Å². The molecule has 10 heavy (non-hydrogen) atoms. The molecular weight excluding hydrogens is 229 g/mol. The summed E-state index contributed by atoms with van der Waals surface area (Å²) in [5, 5.41) is 8.64. The Balaban J connectivity index is -0.00000000833. The molecule has 0 saturated carbocycles. The van der Waals surface area contributed by atoms with Gasteiger partial charge in [0, 0.05) is 0 Å². The zero-order valence-electron chi connectivity index (χ0n) is 7.48. The summed E-state index contributed by atoms with van der Waals surface area (Å²) in [5.74, 6) is -0.711. The van der Waals surface area contributed by atoms with Crippen molar-refractivity contribution >= 4 is 60.2 Å². The van der Waals surface area contributed by atoms with Gasteiger partial charge in [0.2, 0.25) is 0 Å². The fraction of sp³-hybridized carbons (Fsp3) is 0.667. The summed E-state index contributed by atoms with van der Waals surface area (Å²) in [5.41, 5.74) is 0. The molecule has 0 unspecified atom stereocenters. The molecule has 0 aliphatic carbocycles. The molecule has 7 N–H and O–H groups in total. The van der Waals surface area contributed by atoms with Gasteiger partial charge in [0.15, 0.2) is 0 Å². The van der Waals surface area contributed by atoms with E-state index in [2.05, 4.69) is 0 Å². The van der Waals surface area contributed by atoms with Crippen LogP contribution in [-0.4, -0.2) is 81.8 Å². The van der Waals surface area contributed by atoms with Crippen LogP contribution >= 0.6 is 0 Å². The van der Waals surface area contributed by atoms with Gasteiger partial charge in [-0.2, -0.15) is 0 Å². The maximum Gasteiger partial charge on any atom is 2.00 e. The number of hydrogen-bond donors (Lipinski definition) is 1. The van der Waals surface area contributed by atoms with Crippen LogP contribution in [0, 0.1) is 0 Å². The number of carboxylic acid groups (broad SMARTS) is 1. The van der Waals surface area contributed by atoms with Crippen LogP contribution in [0.1, 0.15) is 9.27 Å². The predicted molar refractivity (Wildman–Crippen MR) is 41.6 cm³/mol. The van der Waals surface area contributed by atoms with Crippen molar-refractivity contribution < 1.29 is 29.2 Å². The number of rotatable bonds is 2. The molecule has 0 fully saturated rings. The van der Waals surface area contributed by atoms with Crippen molar-refractivity contribution in [1.82, 2.24) is 0 Å². The van der Waals surface area contributed by atoms with Crippen molar-refractivity contribution in [1.29, 1.82) is 0 Å². The van der Waals surface area contributed by atoms with Gasteiger partial charge in [0.05, 0.1) is 0 Å². The number of hydrogen-bond acceptors (Lipinski definition) is 1. The van der Waals surface area contributed by atoms with Crippen LogP contribution in [0.4, 0.5) is 0 Å². The third-order valence-corrected chi connectivity index (χ3v) is 0.863. The Kier molecular flexibility index (Phi) is 68.2. The van der Waals surface area contributed by atoms with Gasteiger partial charge in [-0.1, -0.05) is 0 Å². The average Bonchev–Trinajstić information content (AvgIpc) is 1.35. The SMILES string of the molecule is O.O.O.O=C(O)C[CH2][Ge].[Ca+2].[H-].[H-]. The Labute approximate surface area is 100 Å². The monoisotopic (exact) mass is 243 g/mol. The van der Waals surface area contributed by atoms with Crippen molar-refractivity contribution in [3.63, 3.8) is 0 Å². The van der Waals surface area contributed by atoms with E-state index in [-0.39, 0.29) is 57.0 Å². The summed E-state index contributed by atoms with van der Waals surface area (Å²) in [7, 11) is 0. The first-order valence-electron chi connectivity index (χ1n) is 1.63. The van der Waals surface area contributed by atoms with E-state index in [1.807, 2.05) is 16.5 Å². The molecule has 0 aromatic rings. The topological polar surface area (TPSA) is 132 Å². The molecule has 0 aromatic heterocycles. The van der Waals surface area contributed by atoms with E-state index in [1.165, 1.54) is 0 Å². The van der Waals surface area contributed by atoms with Crippen LogP contribution in [0.25, 0.3) is 0 Å². The average molecular weight is 242 g/mol. The van der Waals surface area contributed by atoms with E-state index in [0.717, 1.165) is 5.25 Å². The van der Waals surface area contributed by atoms with Crippen LogP contribution in [-0.2, 0) is 4.79 Å². The molecule has 3 radical (unpaired) electrons. The van der Waals surface area contributed by atoms with E-state index >= 15 is 0 Å². The number of aliphatic carboxylic acids is 1. The molecule has 0 heterocycles. The van der Waals surface area contributed by atoms with Gasteiger partial charge in [-0.3, -0.25) is 0 Å². The van der Waals surface area contributed by atoms with Gasteiger partial charge in [-0.25, -0.2) is 0 Å². The zero-order valence-corrected chi connectivity index (χ0v) is 9.78. The Bertz CT molecular complexity index is 68.7. The van der Waals surface area contributed by atoms with Crippen molar-refractivity contribution in [2.45, 2.75) is 11.7 Å². The van der Waals surface area contributed by atoms with Gasteiger partial charge >= 0.3 is 81.8 Å². The quantitative estimate of drug-likeness (QED) is 0.532. The summed E-state index contributed by atoms with van der Waals surface area (Å²) in [4.78, 5) is 9.60. The van der Waals surface area contributed by atoms with Crippen LogP contribution in [0.3, 0.4) is 0 Å². The van der Waals surface area contributed by atoms with E-state index in [0.29, 0.717) is 6.42 Å². The Morgan fingerprint density at radius 3 is 1.70 bits per heavy atom. The van der Waals surface area contributed by atoms with E-state index in [1.54, 1.807) is 0 Å². The summed E-state index contributed by atoms with van der Waals surface area (Å²) >= 11 is 1.84. The minimum Gasteiger partial charge on any atom is -1.00 e. The smallest absolute Gasteiger partial charge is 1.00 e. The molecule has 0 saturated heterocycles. The summed E-state index contributed by atoms with van der Waals surface area (Å²) < 4.78 is 0. The predicted octanol–water partition coefficient (Wildman–Crippen LogP) is -2.58. The fourth-order valence-electron chi connectivity index (χ4n) is 0.107. The molecule has 0 aliphatic heterocycles. The zero-order chi connectivity index (χ0) is 4.99. The Hall–Kier alpha value is 1.15. The van der Waals surface area contributed by atoms with Crippen LogP contribution in [0.5, 0.6) is 0 Å². The van der Waals surface area contributed by atoms with E-state index in [9.17, 15) is 4.79 Å². The minimum atomic E-state index is -0.711. The molecule has 0 aromatic carbocycles. The van der Waals surface area contributed by atoms with Gasteiger partial charge in [-0.05, 0) is 0 Å². The summed E-state index contributed by atoms with van der Waals surface area (Å²) in [6.45, 7) is 0. The molecule has 0 bridgehead atoms. The first kappa shape index (κ1) is 30.4. The maximum atomic E-state index is 9.60. The van der Waals surface area contributed by atoms with E-state index < -0.39 is 5.97 Å². The van der Waals surface area contributed by atoms with Gasteiger partial charge in [-0.15, -0.1) is 0 Å². The third kappa shape index (κ3) is 35.3. The van der Waals surface area contributed by atoms with Gasteiger partial charge in [0.1, 0.15) is 0 Å². The minimum absolute atomic E-state index is 0. The molecule has 0 spiro atoms. The summed E-state index contributed by atoms with van der Waals surface area (Å²) in [6.07, 6.45) is 0.292. The molecular formula is C3H13CaGeO5. The fourth-order valence-corrected chi connectivity index (χ4v) is 0.556. The van der Waals surface area contributed by atoms with Crippen LogP contribution in [0.15, 0.2) is 0 Å².